The third-order valence-corrected chi connectivity index (χ3v) is 3.82. The summed E-state index contributed by atoms with van der Waals surface area (Å²) in [7, 11) is 1.58. The number of carbonyl (C=O) groups excluding carboxylic acids is 2. The van der Waals surface area contributed by atoms with Gasteiger partial charge in [-0.05, 0) is 32.2 Å². The molecule has 0 saturated carbocycles. The summed E-state index contributed by atoms with van der Waals surface area (Å²) in [6.45, 7) is 5.04. The Morgan fingerprint density at radius 3 is 2.63 bits per heavy atom. The maximum Gasteiger partial charge on any atom is 0.264 e. The number of carbonyl (C=O) groups is 2. The van der Waals surface area contributed by atoms with Gasteiger partial charge < -0.3 is 15.3 Å². The Hall–Kier alpha value is -1.40. The molecular weight excluding hydrogens is 264 g/mol. The molecule has 0 bridgehead atoms. The maximum atomic E-state index is 11.9. The molecule has 1 aromatic heterocycles. The Kier molecular flexibility index (Phi) is 5.08. The van der Waals surface area contributed by atoms with Crippen molar-refractivity contribution >= 4 is 23.2 Å². The van der Waals surface area contributed by atoms with Crippen LogP contribution in [0, 0.1) is 0 Å². The van der Waals surface area contributed by atoms with Gasteiger partial charge in [-0.15, -0.1) is 11.3 Å². The lowest BCUT2D eigenvalue weighted by Crippen LogP contribution is -2.53. The second-order valence-electron chi connectivity index (χ2n) is 5.08. The minimum atomic E-state index is -0.718. The smallest absolute Gasteiger partial charge is 0.264 e. The molecule has 0 aliphatic heterocycles. The molecule has 19 heavy (non-hydrogen) atoms. The highest BCUT2D eigenvalue weighted by atomic mass is 32.1. The van der Waals surface area contributed by atoms with Crippen LogP contribution in [0.25, 0.3) is 0 Å². The van der Waals surface area contributed by atoms with Crippen molar-refractivity contribution < 1.29 is 14.7 Å². The zero-order chi connectivity index (χ0) is 14.6. The molecule has 2 N–H and O–H groups in total. The third-order valence-electron chi connectivity index (χ3n) is 2.97. The number of hydrogen-bond acceptors (Lipinski definition) is 4. The van der Waals surface area contributed by atoms with Crippen molar-refractivity contribution in [1.82, 2.24) is 10.2 Å². The van der Waals surface area contributed by atoms with E-state index in [1.807, 2.05) is 5.38 Å². The van der Waals surface area contributed by atoms with Gasteiger partial charge in [0.05, 0.1) is 23.1 Å². The second kappa shape index (κ2) is 6.16. The second-order valence-corrected chi connectivity index (χ2v) is 6.03. The zero-order valence-corrected chi connectivity index (χ0v) is 12.5. The van der Waals surface area contributed by atoms with Crippen molar-refractivity contribution in [1.29, 1.82) is 0 Å². The molecule has 1 aromatic rings. The molecule has 2 amide bonds. The van der Waals surface area contributed by atoms with E-state index in [2.05, 4.69) is 5.32 Å². The van der Waals surface area contributed by atoms with Gasteiger partial charge in [0.2, 0.25) is 5.91 Å². The fraction of sp³-hybridized carbons (Fsp3) is 0.538. The molecule has 0 saturated heterocycles. The lowest BCUT2D eigenvalue weighted by Gasteiger charge is -2.30. The first-order valence-corrected chi connectivity index (χ1v) is 6.90. The van der Waals surface area contributed by atoms with Crippen LogP contribution >= 0.6 is 11.3 Å². The highest BCUT2D eigenvalue weighted by Crippen LogP contribution is 2.11. The molecule has 0 spiro atoms. The van der Waals surface area contributed by atoms with E-state index >= 15 is 0 Å². The third kappa shape index (κ3) is 4.33. The van der Waals surface area contributed by atoms with Crippen molar-refractivity contribution in [2.75, 3.05) is 13.6 Å². The first-order chi connectivity index (χ1) is 8.74. The Balaban J connectivity index is 2.55. The van der Waals surface area contributed by atoms with E-state index < -0.39 is 11.6 Å². The van der Waals surface area contributed by atoms with Gasteiger partial charge in [0.25, 0.3) is 5.91 Å². The minimum Gasteiger partial charge on any atom is -0.391 e. The van der Waals surface area contributed by atoms with Crippen LogP contribution in [-0.4, -0.2) is 47.1 Å². The Morgan fingerprint density at radius 2 is 2.16 bits per heavy atom. The van der Waals surface area contributed by atoms with Gasteiger partial charge in [-0.1, -0.05) is 6.07 Å². The number of aliphatic hydroxyl groups is 1. The SMILES string of the molecule is CC(O)C(C)(C)NC(=O)CN(C)C(=O)c1cccs1. The number of nitrogens with zero attached hydrogens (tertiary/aromatic N) is 1. The molecule has 1 heterocycles. The number of likely N-dealkylation sites (N-methyl/N-ethyl adjacent to an activating group) is 1. The largest absolute Gasteiger partial charge is 0.391 e. The number of rotatable bonds is 5. The number of nitrogens with one attached hydrogen (secondary N) is 1. The van der Waals surface area contributed by atoms with Crippen LogP contribution < -0.4 is 5.32 Å². The molecule has 0 fully saturated rings. The lowest BCUT2D eigenvalue weighted by atomic mass is 9.99. The summed E-state index contributed by atoms with van der Waals surface area (Å²) >= 11 is 1.34. The molecule has 1 unspecified atom stereocenters. The topological polar surface area (TPSA) is 69.6 Å². The average Bonchev–Trinajstić information content (AvgIpc) is 2.79. The van der Waals surface area contributed by atoms with Gasteiger partial charge in [0.1, 0.15) is 0 Å². The molecular formula is C13H20N2O3S. The monoisotopic (exact) mass is 284 g/mol. The first kappa shape index (κ1) is 15.7. The van der Waals surface area contributed by atoms with Crippen LogP contribution in [0.4, 0.5) is 0 Å². The van der Waals surface area contributed by atoms with E-state index in [0.717, 1.165) is 0 Å². The van der Waals surface area contributed by atoms with E-state index in [1.165, 1.54) is 16.2 Å². The Bertz CT molecular complexity index is 441. The van der Waals surface area contributed by atoms with E-state index in [4.69, 9.17) is 0 Å². The number of thiophene rings is 1. The summed E-state index contributed by atoms with van der Waals surface area (Å²) in [4.78, 5) is 25.7. The van der Waals surface area contributed by atoms with Gasteiger partial charge in [-0.2, -0.15) is 0 Å². The molecule has 0 radical (unpaired) electrons. The highest BCUT2D eigenvalue weighted by Gasteiger charge is 2.27. The maximum absolute atomic E-state index is 11.9. The minimum absolute atomic E-state index is 0.0348. The molecule has 1 atom stereocenters. The highest BCUT2D eigenvalue weighted by molar-refractivity contribution is 7.12. The van der Waals surface area contributed by atoms with Crippen molar-refractivity contribution in [3.63, 3.8) is 0 Å². The van der Waals surface area contributed by atoms with Gasteiger partial charge in [0, 0.05) is 7.05 Å². The summed E-state index contributed by atoms with van der Waals surface area (Å²) in [6.07, 6.45) is -0.672. The van der Waals surface area contributed by atoms with E-state index in [-0.39, 0.29) is 18.4 Å². The molecule has 0 aromatic carbocycles. The lowest BCUT2D eigenvalue weighted by molar-refractivity contribution is -0.124. The molecule has 1 rings (SSSR count). The number of hydrogen-bond donors (Lipinski definition) is 2. The molecule has 0 aliphatic rings. The zero-order valence-electron chi connectivity index (χ0n) is 11.6. The fourth-order valence-corrected chi connectivity index (χ4v) is 2.10. The summed E-state index contributed by atoms with van der Waals surface area (Å²) in [5.41, 5.74) is -0.718. The van der Waals surface area contributed by atoms with Gasteiger partial charge in [0.15, 0.2) is 0 Å². The summed E-state index contributed by atoms with van der Waals surface area (Å²) in [5.74, 6) is -0.474. The van der Waals surface area contributed by atoms with Crippen LogP contribution in [0.5, 0.6) is 0 Å². The summed E-state index contributed by atoms with van der Waals surface area (Å²) in [6, 6.07) is 3.52. The van der Waals surface area contributed by atoms with Crippen molar-refractivity contribution in [3.8, 4) is 0 Å². The number of amides is 2. The van der Waals surface area contributed by atoms with Crippen LogP contribution in [0.1, 0.15) is 30.4 Å². The van der Waals surface area contributed by atoms with Crippen molar-refractivity contribution in [3.05, 3.63) is 22.4 Å². The molecule has 0 aliphatic carbocycles. The van der Waals surface area contributed by atoms with E-state index in [0.29, 0.717) is 4.88 Å². The fourth-order valence-electron chi connectivity index (χ4n) is 1.38. The summed E-state index contributed by atoms with van der Waals surface area (Å²) in [5, 5.41) is 14.1. The van der Waals surface area contributed by atoms with Gasteiger partial charge >= 0.3 is 0 Å². The van der Waals surface area contributed by atoms with Crippen molar-refractivity contribution in [2.45, 2.75) is 32.4 Å². The number of aliphatic hydroxyl groups excluding tert-OH is 1. The Morgan fingerprint density at radius 1 is 1.53 bits per heavy atom. The Labute approximate surface area is 117 Å². The van der Waals surface area contributed by atoms with Crippen LogP contribution in [0.15, 0.2) is 17.5 Å². The van der Waals surface area contributed by atoms with Crippen LogP contribution in [-0.2, 0) is 4.79 Å². The molecule has 106 valence electrons. The standard InChI is InChI=1S/C13H20N2O3S/c1-9(16)13(2,3)14-11(17)8-15(4)12(18)10-6-5-7-19-10/h5-7,9,16H,8H2,1-4H3,(H,14,17). The van der Waals surface area contributed by atoms with Gasteiger partial charge in [-0.25, -0.2) is 0 Å². The van der Waals surface area contributed by atoms with Crippen LogP contribution in [0.2, 0.25) is 0 Å². The van der Waals surface area contributed by atoms with E-state index in [1.54, 1.807) is 40.0 Å². The molecule has 5 nitrogen and oxygen atoms in total. The normalized spacial score (nSPS) is 12.9. The van der Waals surface area contributed by atoms with Crippen LogP contribution in [0.3, 0.4) is 0 Å². The van der Waals surface area contributed by atoms with E-state index in [9.17, 15) is 14.7 Å². The van der Waals surface area contributed by atoms with Crippen molar-refractivity contribution in [2.24, 2.45) is 0 Å². The molecule has 6 heteroatoms. The predicted octanol–water partition coefficient (Wildman–Crippen LogP) is 1.10. The predicted molar refractivity (Wildman–Crippen MR) is 75.2 cm³/mol. The average molecular weight is 284 g/mol. The quantitative estimate of drug-likeness (QED) is 0.850. The first-order valence-electron chi connectivity index (χ1n) is 6.02. The summed E-state index contributed by atoms with van der Waals surface area (Å²) < 4.78 is 0. The van der Waals surface area contributed by atoms with Gasteiger partial charge in [-0.3, -0.25) is 9.59 Å².